The van der Waals surface area contributed by atoms with Gasteiger partial charge in [0, 0.05) is 6.42 Å². The lowest BCUT2D eigenvalue weighted by Gasteiger charge is -2.19. The van der Waals surface area contributed by atoms with Crippen LogP contribution in [-0.2, 0) is 4.79 Å². The van der Waals surface area contributed by atoms with Gasteiger partial charge >= 0.3 is 0 Å². The van der Waals surface area contributed by atoms with E-state index in [1.807, 2.05) is 6.08 Å². The van der Waals surface area contributed by atoms with Crippen molar-refractivity contribution in [3.63, 3.8) is 0 Å². The zero-order valence-corrected chi connectivity index (χ0v) is 35.3. The van der Waals surface area contributed by atoms with Gasteiger partial charge in [-0.25, -0.2) is 0 Å². The minimum absolute atomic E-state index is 0.0929. The minimum Gasteiger partial charge on any atom is -0.394 e. The van der Waals surface area contributed by atoms with E-state index >= 15 is 0 Å². The summed E-state index contributed by atoms with van der Waals surface area (Å²) in [7, 11) is 0. The Morgan fingerprint density at radius 2 is 0.792 bits per heavy atom. The second-order valence-corrected chi connectivity index (χ2v) is 15.4. The molecule has 4 nitrogen and oxygen atoms in total. The molecule has 0 fully saturated rings. The number of aliphatic hydroxyl groups excluding tert-OH is 2. The lowest BCUT2D eigenvalue weighted by molar-refractivity contribution is -0.123. The summed E-state index contributed by atoms with van der Waals surface area (Å²) in [5.74, 6) is -0.0929. The summed E-state index contributed by atoms with van der Waals surface area (Å²) in [6, 6.07) is -0.654. The molecule has 0 saturated heterocycles. The van der Waals surface area contributed by atoms with Gasteiger partial charge in [-0.3, -0.25) is 4.79 Å². The summed E-state index contributed by atoms with van der Waals surface area (Å²) < 4.78 is 0. The Morgan fingerprint density at radius 1 is 0.453 bits per heavy atom. The zero-order chi connectivity index (χ0) is 38.6. The van der Waals surface area contributed by atoms with Gasteiger partial charge in [0.1, 0.15) is 0 Å². The molecule has 53 heavy (non-hydrogen) atoms. The number of carbonyl (C=O) groups excluding carboxylic acids is 1. The monoisotopic (exact) mass is 740 g/mol. The van der Waals surface area contributed by atoms with Crippen LogP contribution in [0.2, 0.25) is 0 Å². The molecule has 4 heteroatoms. The standard InChI is InChI=1S/C49H89NO3/c1-3-5-7-9-11-13-15-17-19-21-22-23-24-25-26-27-28-29-30-32-34-36-38-40-42-44-48(52)47(46-51)50-49(53)45-43-41-39-37-35-33-31-20-18-16-14-12-10-8-6-4-2/h14,16,20,28-29,31,34,36,42,44,47-48,51-52H,3-13,15,17-19,21-27,30,32-33,35,37-41,43,45-46H2,1-2H3,(H,50,53)/b16-14-,29-28+,31-20-,36-34+,44-42+. The Balaban J connectivity index is 3.65. The number of hydrogen-bond donors (Lipinski definition) is 3. The second-order valence-electron chi connectivity index (χ2n) is 15.4. The summed E-state index contributed by atoms with van der Waals surface area (Å²) >= 11 is 0. The molecular weight excluding hydrogens is 651 g/mol. The highest BCUT2D eigenvalue weighted by Gasteiger charge is 2.17. The van der Waals surface area contributed by atoms with Crippen molar-refractivity contribution in [2.75, 3.05) is 6.61 Å². The van der Waals surface area contributed by atoms with Gasteiger partial charge in [0.25, 0.3) is 0 Å². The third-order valence-electron chi connectivity index (χ3n) is 10.2. The van der Waals surface area contributed by atoms with Crippen LogP contribution in [0.1, 0.15) is 226 Å². The molecule has 308 valence electrons. The Labute approximate surface area is 330 Å². The highest BCUT2D eigenvalue weighted by molar-refractivity contribution is 5.76. The van der Waals surface area contributed by atoms with Crippen molar-refractivity contribution in [3.05, 3.63) is 60.8 Å². The number of hydrogen-bond acceptors (Lipinski definition) is 3. The van der Waals surface area contributed by atoms with E-state index in [9.17, 15) is 15.0 Å². The fourth-order valence-corrected chi connectivity index (χ4v) is 6.65. The first kappa shape index (κ1) is 51.1. The molecule has 1 amide bonds. The van der Waals surface area contributed by atoms with E-state index in [1.54, 1.807) is 6.08 Å². The number of aliphatic hydroxyl groups is 2. The minimum atomic E-state index is -0.878. The topological polar surface area (TPSA) is 69.6 Å². The third kappa shape index (κ3) is 41.1. The van der Waals surface area contributed by atoms with Crippen molar-refractivity contribution in [3.8, 4) is 0 Å². The van der Waals surface area contributed by atoms with E-state index in [4.69, 9.17) is 0 Å². The van der Waals surface area contributed by atoms with E-state index in [0.29, 0.717) is 6.42 Å². The van der Waals surface area contributed by atoms with Crippen LogP contribution in [-0.4, -0.2) is 34.9 Å². The molecule has 0 aromatic heterocycles. The van der Waals surface area contributed by atoms with Gasteiger partial charge < -0.3 is 15.5 Å². The lowest BCUT2D eigenvalue weighted by atomic mass is 10.0. The molecule has 0 aliphatic rings. The normalized spacial score (nSPS) is 13.5. The Morgan fingerprint density at radius 3 is 1.23 bits per heavy atom. The Bertz CT molecular complexity index is 888. The average Bonchev–Trinajstić information content (AvgIpc) is 3.16. The van der Waals surface area contributed by atoms with Crippen molar-refractivity contribution < 1.29 is 15.0 Å². The highest BCUT2D eigenvalue weighted by Crippen LogP contribution is 2.14. The summed E-state index contributed by atoms with van der Waals surface area (Å²) in [6.07, 6.45) is 62.0. The Kier molecular flexibility index (Phi) is 42.9. The number of allylic oxidation sites excluding steroid dienone is 9. The van der Waals surface area contributed by atoms with Crippen molar-refractivity contribution in [2.45, 2.75) is 238 Å². The summed E-state index contributed by atoms with van der Waals surface area (Å²) in [5, 5.41) is 23.0. The van der Waals surface area contributed by atoms with Crippen molar-refractivity contribution in [2.24, 2.45) is 0 Å². The smallest absolute Gasteiger partial charge is 0.220 e. The zero-order valence-electron chi connectivity index (χ0n) is 35.3. The molecule has 0 bridgehead atoms. The fourth-order valence-electron chi connectivity index (χ4n) is 6.65. The molecule has 0 heterocycles. The number of nitrogens with one attached hydrogen (secondary N) is 1. The maximum atomic E-state index is 12.4. The first-order chi connectivity index (χ1) is 26.2. The van der Waals surface area contributed by atoms with Crippen LogP contribution >= 0.6 is 0 Å². The number of carbonyl (C=O) groups is 1. The lowest BCUT2D eigenvalue weighted by Crippen LogP contribution is -2.45. The first-order valence-corrected chi connectivity index (χ1v) is 23.0. The van der Waals surface area contributed by atoms with Crippen LogP contribution in [0.15, 0.2) is 60.8 Å². The van der Waals surface area contributed by atoms with E-state index in [2.05, 4.69) is 67.8 Å². The molecule has 3 N–H and O–H groups in total. The molecule has 2 unspecified atom stereocenters. The number of amides is 1. The number of rotatable bonds is 41. The SMILES string of the molecule is CCCCCC/C=C\C/C=C\CCCCCCCC(=O)NC(CO)C(O)/C=C/CC/C=C/CC/C=C/CCCCCCCCCCCCCCCCC. The van der Waals surface area contributed by atoms with Gasteiger partial charge in [-0.15, -0.1) is 0 Å². The van der Waals surface area contributed by atoms with E-state index in [-0.39, 0.29) is 12.5 Å². The predicted octanol–water partition coefficient (Wildman–Crippen LogP) is 14.5. The quantitative estimate of drug-likeness (QED) is 0.0432. The largest absolute Gasteiger partial charge is 0.394 e. The third-order valence-corrected chi connectivity index (χ3v) is 10.2. The second kappa shape index (κ2) is 44.5. The molecule has 0 aromatic rings. The fraction of sp³-hybridized carbons (Fsp3) is 0.776. The van der Waals surface area contributed by atoms with Gasteiger partial charge in [0.2, 0.25) is 5.91 Å². The summed E-state index contributed by atoms with van der Waals surface area (Å²) in [5.41, 5.74) is 0. The van der Waals surface area contributed by atoms with E-state index < -0.39 is 12.1 Å². The Hall–Kier alpha value is -1.91. The molecule has 0 spiro atoms. The van der Waals surface area contributed by atoms with Gasteiger partial charge in [0.05, 0.1) is 18.8 Å². The predicted molar refractivity (Wildman–Crippen MR) is 234 cm³/mol. The number of unbranched alkanes of at least 4 members (excludes halogenated alkanes) is 26. The summed E-state index contributed by atoms with van der Waals surface area (Å²) in [6.45, 7) is 4.27. The average molecular weight is 740 g/mol. The van der Waals surface area contributed by atoms with Gasteiger partial charge in [-0.1, -0.05) is 203 Å². The molecular formula is C49H89NO3. The van der Waals surface area contributed by atoms with Crippen LogP contribution in [0.25, 0.3) is 0 Å². The van der Waals surface area contributed by atoms with Crippen LogP contribution in [0.3, 0.4) is 0 Å². The van der Waals surface area contributed by atoms with Crippen LogP contribution < -0.4 is 5.32 Å². The maximum absolute atomic E-state index is 12.4. The van der Waals surface area contributed by atoms with Crippen LogP contribution in [0, 0.1) is 0 Å². The molecule has 0 saturated carbocycles. The van der Waals surface area contributed by atoms with E-state index in [0.717, 1.165) is 57.8 Å². The van der Waals surface area contributed by atoms with Crippen molar-refractivity contribution in [1.29, 1.82) is 0 Å². The molecule has 0 aromatic carbocycles. The maximum Gasteiger partial charge on any atom is 0.220 e. The molecule has 0 aliphatic carbocycles. The van der Waals surface area contributed by atoms with Crippen LogP contribution in [0.5, 0.6) is 0 Å². The van der Waals surface area contributed by atoms with Crippen molar-refractivity contribution in [1.82, 2.24) is 5.32 Å². The summed E-state index contributed by atoms with van der Waals surface area (Å²) in [4.78, 5) is 12.4. The van der Waals surface area contributed by atoms with E-state index in [1.165, 1.54) is 148 Å². The van der Waals surface area contributed by atoms with Crippen molar-refractivity contribution >= 4 is 5.91 Å². The molecule has 0 radical (unpaired) electrons. The van der Waals surface area contributed by atoms with Gasteiger partial charge in [-0.2, -0.15) is 0 Å². The van der Waals surface area contributed by atoms with Gasteiger partial charge in [-0.05, 0) is 77.0 Å². The molecule has 0 rings (SSSR count). The molecule has 0 aliphatic heterocycles. The first-order valence-electron chi connectivity index (χ1n) is 23.0. The highest BCUT2D eigenvalue weighted by atomic mass is 16.3. The van der Waals surface area contributed by atoms with Gasteiger partial charge in [0.15, 0.2) is 0 Å². The molecule has 2 atom stereocenters. The van der Waals surface area contributed by atoms with Crippen LogP contribution in [0.4, 0.5) is 0 Å².